The molecule has 2 aromatic rings. The first-order valence-electron chi connectivity index (χ1n) is 6.41. The molecule has 0 spiro atoms. The van der Waals surface area contributed by atoms with Gasteiger partial charge < -0.3 is 10.5 Å². The molecule has 0 aliphatic heterocycles. The molecule has 116 valence electrons. The fourth-order valence-electron chi connectivity index (χ4n) is 1.93. The highest BCUT2D eigenvalue weighted by Gasteiger charge is 2.15. The largest absolute Gasteiger partial charge is 0.496 e. The number of anilines is 1. The number of hydrogen-bond acceptors (Lipinski definition) is 4. The molecule has 0 aromatic heterocycles. The van der Waals surface area contributed by atoms with E-state index in [1.165, 1.54) is 43.5 Å². The lowest BCUT2D eigenvalue weighted by Gasteiger charge is -2.10. The molecule has 0 bridgehead atoms. The first kappa shape index (κ1) is 15.8. The van der Waals surface area contributed by atoms with Gasteiger partial charge in [0.2, 0.25) is 5.91 Å². The van der Waals surface area contributed by atoms with Gasteiger partial charge in [0.25, 0.3) is 10.0 Å². The van der Waals surface area contributed by atoms with E-state index < -0.39 is 15.9 Å². The highest BCUT2D eigenvalue weighted by Crippen LogP contribution is 2.23. The van der Waals surface area contributed by atoms with Crippen LogP contribution in [0.25, 0.3) is 0 Å². The third kappa shape index (κ3) is 3.37. The number of carbonyl (C=O) groups excluding carboxylic acids is 1. The van der Waals surface area contributed by atoms with Crippen molar-refractivity contribution in [3.63, 3.8) is 0 Å². The molecule has 0 saturated heterocycles. The Morgan fingerprint density at radius 2 is 1.77 bits per heavy atom. The molecule has 0 radical (unpaired) electrons. The smallest absolute Gasteiger partial charge is 0.261 e. The van der Waals surface area contributed by atoms with Crippen LogP contribution in [0.4, 0.5) is 5.69 Å². The van der Waals surface area contributed by atoms with E-state index in [2.05, 4.69) is 4.72 Å². The van der Waals surface area contributed by atoms with Crippen molar-refractivity contribution in [1.29, 1.82) is 0 Å². The number of sulfonamides is 1. The second kappa shape index (κ2) is 6.07. The SMILES string of the molecule is COc1ccc(S(=O)(=O)Nc2ccc(C(N)=O)cc2)cc1C. The molecule has 0 unspecified atom stereocenters. The minimum atomic E-state index is -3.72. The number of carbonyl (C=O) groups is 1. The van der Waals surface area contributed by atoms with Gasteiger partial charge in [-0.2, -0.15) is 0 Å². The normalized spacial score (nSPS) is 11.0. The van der Waals surface area contributed by atoms with Crippen molar-refractivity contribution in [1.82, 2.24) is 0 Å². The number of benzene rings is 2. The zero-order valence-corrected chi connectivity index (χ0v) is 13.0. The van der Waals surface area contributed by atoms with Crippen LogP contribution in [-0.2, 0) is 10.0 Å². The van der Waals surface area contributed by atoms with E-state index in [1.807, 2.05) is 0 Å². The van der Waals surface area contributed by atoms with Crippen molar-refractivity contribution < 1.29 is 17.9 Å². The highest BCUT2D eigenvalue weighted by atomic mass is 32.2. The lowest BCUT2D eigenvalue weighted by Crippen LogP contribution is -2.14. The fraction of sp³-hybridized carbons (Fsp3) is 0.133. The topological polar surface area (TPSA) is 98.5 Å². The van der Waals surface area contributed by atoms with Gasteiger partial charge in [-0.3, -0.25) is 9.52 Å². The zero-order valence-electron chi connectivity index (χ0n) is 12.2. The van der Waals surface area contributed by atoms with Crippen molar-refractivity contribution >= 4 is 21.6 Å². The fourth-order valence-corrected chi connectivity index (χ4v) is 3.08. The van der Waals surface area contributed by atoms with E-state index in [9.17, 15) is 13.2 Å². The van der Waals surface area contributed by atoms with Gasteiger partial charge in [-0.25, -0.2) is 8.42 Å². The summed E-state index contributed by atoms with van der Waals surface area (Å²) in [6, 6.07) is 10.5. The average Bonchev–Trinajstić information content (AvgIpc) is 2.47. The van der Waals surface area contributed by atoms with Crippen LogP contribution in [0, 0.1) is 6.92 Å². The molecule has 7 heteroatoms. The molecule has 0 aliphatic rings. The maximum Gasteiger partial charge on any atom is 0.261 e. The van der Waals surface area contributed by atoms with E-state index in [1.54, 1.807) is 13.0 Å². The number of primary amides is 1. The van der Waals surface area contributed by atoms with E-state index in [0.717, 1.165) is 5.56 Å². The highest BCUT2D eigenvalue weighted by molar-refractivity contribution is 7.92. The second-order valence-electron chi connectivity index (χ2n) is 4.68. The van der Waals surface area contributed by atoms with E-state index in [-0.39, 0.29) is 4.90 Å². The predicted octanol–water partition coefficient (Wildman–Crippen LogP) is 1.90. The predicted molar refractivity (Wildman–Crippen MR) is 83.5 cm³/mol. The Morgan fingerprint density at radius 3 is 2.27 bits per heavy atom. The maximum atomic E-state index is 12.3. The van der Waals surface area contributed by atoms with Crippen LogP contribution >= 0.6 is 0 Å². The van der Waals surface area contributed by atoms with Crippen LogP contribution < -0.4 is 15.2 Å². The molecule has 1 amide bonds. The molecule has 3 N–H and O–H groups in total. The quantitative estimate of drug-likeness (QED) is 0.879. The molecule has 0 fully saturated rings. The summed E-state index contributed by atoms with van der Waals surface area (Å²) >= 11 is 0. The lowest BCUT2D eigenvalue weighted by atomic mass is 10.2. The van der Waals surface area contributed by atoms with Gasteiger partial charge in [-0.15, -0.1) is 0 Å². The Labute approximate surface area is 129 Å². The average molecular weight is 320 g/mol. The lowest BCUT2D eigenvalue weighted by molar-refractivity contribution is 0.100. The summed E-state index contributed by atoms with van der Waals surface area (Å²) in [5.74, 6) is 0.0462. The van der Waals surface area contributed by atoms with Gasteiger partial charge in [-0.1, -0.05) is 0 Å². The Morgan fingerprint density at radius 1 is 1.14 bits per heavy atom. The second-order valence-corrected chi connectivity index (χ2v) is 6.36. The van der Waals surface area contributed by atoms with Crippen molar-refractivity contribution in [2.75, 3.05) is 11.8 Å². The summed E-state index contributed by atoms with van der Waals surface area (Å²) in [6.45, 7) is 1.76. The summed E-state index contributed by atoms with van der Waals surface area (Å²) in [6.07, 6.45) is 0. The van der Waals surface area contributed by atoms with Gasteiger partial charge in [0.1, 0.15) is 5.75 Å². The molecular weight excluding hydrogens is 304 g/mol. The van der Waals surface area contributed by atoms with Gasteiger partial charge in [0.05, 0.1) is 12.0 Å². The molecule has 0 atom stereocenters. The number of methoxy groups -OCH3 is 1. The Kier molecular flexibility index (Phi) is 4.37. The molecule has 22 heavy (non-hydrogen) atoms. The van der Waals surface area contributed by atoms with E-state index in [0.29, 0.717) is 17.0 Å². The minimum absolute atomic E-state index is 0.129. The Balaban J connectivity index is 2.27. The van der Waals surface area contributed by atoms with Gasteiger partial charge >= 0.3 is 0 Å². The van der Waals surface area contributed by atoms with Crippen molar-refractivity contribution in [2.24, 2.45) is 5.73 Å². The zero-order chi connectivity index (χ0) is 16.3. The monoisotopic (exact) mass is 320 g/mol. The summed E-state index contributed by atoms with van der Waals surface area (Å²) in [5, 5.41) is 0. The number of hydrogen-bond donors (Lipinski definition) is 2. The maximum absolute atomic E-state index is 12.3. The number of aryl methyl sites for hydroxylation is 1. The Hall–Kier alpha value is -2.54. The van der Waals surface area contributed by atoms with Crippen molar-refractivity contribution in [3.8, 4) is 5.75 Å². The summed E-state index contributed by atoms with van der Waals surface area (Å²) in [4.78, 5) is 11.1. The van der Waals surface area contributed by atoms with Crippen LogP contribution in [-0.4, -0.2) is 21.4 Å². The summed E-state index contributed by atoms with van der Waals surface area (Å²) in [7, 11) is -2.19. The number of rotatable bonds is 5. The summed E-state index contributed by atoms with van der Waals surface area (Å²) < 4.78 is 32.2. The van der Waals surface area contributed by atoms with Crippen LogP contribution in [0.1, 0.15) is 15.9 Å². The number of nitrogens with one attached hydrogen (secondary N) is 1. The Bertz CT molecular complexity index is 799. The first-order valence-corrected chi connectivity index (χ1v) is 7.89. The van der Waals surface area contributed by atoms with E-state index in [4.69, 9.17) is 10.5 Å². The van der Waals surface area contributed by atoms with E-state index >= 15 is 0 Å². The van der Waals surface area contributed by atoms with Gasteiger partial charge in [0, 0.05) is 11.3 Å². The van der Waals surface area contributed by atoms with Gasteiger partial charge in [-0.05, 0) is 55.0 Å². The molecule has 0 saturated carbocycles. The molecule has 6 nitrogen and oxygen atoms in total. The van der Waals surface area contributed by atoms with Crippen LogP contribution in [0.15, 0.2) is 47.4 Å². The molecule has 0 heterocycles. The van der Waals surface area contributed by atoms with Crippen molar-refractivity contribution in [2.45, 2.75) is 11.8 Å². The minimum Gasteiger partial charge on any atom is -0.496 e. The summed E-state index contributed by atoms with van der Waals surface area (Å²) in [5.41, 5.74) is 6.51. The number of nitrogens with two attached hydrogens (primary N) is 1. The van der Waals surface area contributed by atoms with Crippen LogP contribution in [0.2, 0.25) is 0 Å². The third-order valence-electron chi connectivity index (χ3n) is 3.10. The van der Waals surface area contributed by atoms with Gasteiger partial charge in [0.15, 0.2) is 0 Å². The standard InChI is InChI=1S/C15H16N2O4S/c1-10-9-13(7-8-14(10)21-2)22(19,20)17-12-5-3-11(4-6-12)15(16)18/h3-9,17H,1-2H3,(H2,16,18). The third-order valence-corrected chi connectivity index (χ3v) is 4.48. The molecule has 2 rings (SSSR count). The van der Waals surface area contributed by atoms with Crippen molar-refractivity contribution in [3.05, 3.63) is 53.6 Å². The first-order chi connectivity index (χ1) is 10.3. The van der Waals surface area contributed by atoms with Crippen LogP contribution in [0.5, 0.6) is 5.75 Å². The molecule has 2 aromatic carbocycles. The molecule has 0 aliphatic carbocycles. The number of ether oxygens (including phenoxy) is 1. The molecular formula is C15H16N2O4S. The number of amides is 1. The van der Waals surface area contributed by atoms with Crippen LogP contribution in [0.3, 0.4) is 0 Å².